The van der Waals surface area contributed by atoms with Crippen molar-refractivity contribution in [1.29, 1.82) is 0 Å². The largest absolute Gasteiger partial charge is 0.375 e. The molecule has 0 radical (unpaired) electrons. The van der Waals surface area contributed by atoms with Gasteiger partial charge in [-0.05, 0) is 23.6 Å². The van der Waals surface area contributed by atoms with Gasteiger partial charge in [-0.1, -0.05) is 48.5 Å². The van der Waals surface area contributed by atoms with Gasteiger partial charge in [-0.3, -0.25) is 9.59 Å². The summed E-state index contributed by atoms with van der Waals surface area (Å²) in [6.45, 7) is 0.470. The Kier molecular flexibility index (Phi) is 3.73. The van der Waals surface area contributed by atoms with E-state index in [1.54, 1.807) is 10.3 Å². The van der Waals surface area contributed by atoms with E-state index in [4.69, 9.17) is 5.73 Å². The highest BCUT2D eigenvalue weighted by atomic mass is 32.1. The first kappa shape index (κ1) is 16.9. The summed E-state index contributed by atoms with van der Waals surface area (Å²) in [5.74, 6) is -0.258. The summed E-state index contributed by atoms with van der Waals surface area (Å²) in [4.78, 5) is 32.5. The van der Waals surface area contributed by atoms with Gasteiger partial charge in [0.15, 0.2) is 5.13 Å². The number of fused-ring (bicyclic) bond motifs is 2. The standard InChI is InChI=1S/C21H18N4O2S/c22-20-24-16(12-28-20)18(26)25-11-10-21(17(25)13-6-2-1-3-7-13)14-8-4-5-9-15(14)23-19(21)27/h1-9,12,17H,10-11H2,(H2,22,24)(H,23,27). The maximum Gasteiger partial charge on any atom is 0.273 e. The second-order valence-electron chi connectivity index (χ2n) is 7.10. The molecule has 2 amide bonds. The molecule has 3 N–H and O–H groups in total. The van der Waals surface area contributed by atoms with Gasteiger partial charge < -0.3 is 16.0 Å². The Morgan fingerprint density at radius 3 is 2.68 bits per heavy atom. The molecule has 2 aliphatic heterocycles. The minimum atomic E-state index is -0.810. The fourth-order valence-corrected chi connectivity index (χ4v) is 5.07. The molecule has 1 saturated heterocycles. The summed E-state index contributed by atoms with van der Waals surface area (Å²) in [6, 6.07) is 17.1. The second kappa shape index (κ2) is 6.17. The highest BCUT2D eigenvalue weighted by molar-refractivity contribution is 7.13. The SMILES string of the molecule is Nc1nc(C(=O)N2CCC3(C(=O)Nc4ccccc43)C2c2ccccc2)cs1. The fraction of sp³-hybridized carbons (Fsp3) is 0.190. The molecule has 0 aliphatic carbocycles. The fourth-order valence-electron chi connectivity index (χ4n) is 4.54. The predicted octanol–water partition coefficient (Wildman–Crippen LogP) is 3.20. The molecule has 2 aromatic carbocycles. The van der Waals surface area contributed by atoms with Gasteiger partial charge in [0, 0.05) is 17.6 Å². The summed E-state index contributed by atoms with van der Waals surface area (Å²) in [6.07, 6.45) is 0.556. The molecule has 3 heterocycles. The Hall–Kier alpha value is -3.19. The molecule has 2 unspecified atom stereocenters. The van der Waals surface area contributed by atoms with Gasteiger partial charge in [0.1, 0.15) is 11.1 Å². The number of thiazole rings is 1. The maximum atomic E-state index is 13.3. The number of nitrogens with two attached hydrogens (primary N) is 1. The average molecular weight is 390 g/mol. The molecule has 5 rings (SSSR count). The molecule has 1 spiro atoms. The summed E-state index contributed by atoms with van der Waals surface area (Å²) in [5.41, 5.74) is 7.95. The predicted molar refractivity (Wildman–Crippen MR) is 108 cm³/mol. The van der Waals surface area contributed by atoms with Gasteiger partial charge in [-0.15, -0.1) is 11.3 Å². The molecule has 2 atom stereocenters. The van der Waals surface area contributed by atoms with E-state index in [0.717, 1.165) is 16.8 Å². The Labute approximate surface area is 166 Å². The van der Waals surface area contributed by atoms with Gasteiger partial charge in [0.2, 0.25) is 5.91 Å². The van der Waals surface area contributed by atoms with E-state index in [2.05, 4.69) is 10.3 Å². The van der Waals surface area contributed by atoms with E-state index < -0.39 is 11.5 Å². The zero-order valence-electron chi connectivity index (χ0n) is 15.0. The molecular formula is C21H18N4O2S. The first-order valence-electron chi connectivity index (χ1n) is 9.09. The highest BCUT2D eigenvalue weighted by Gasteiger charge is 2.59. The Bertz CT molecular complexity index is 1080. The number of hydrogen-bond donors (Lipinski definition) is 2. The molecule has 7 heteroatoms. The minimum absolute atomic E-state index is 0.0596. The molecule has 1 fully saturated rings. The number of carbonyl (C=O) groups excluding carboxylic acids is 2. The number of rotatable bonds is 2. The number of carbonyl (C=O) groups is 2. The van der Waals surface area contributed by atoms with E-state index >= 15 is 0 Å². The van der Waals surface area contributed by atoms with Crippen LogP contribution < -0.4 is 11.1 Å². The van der Waals surface area contributed by atoms with Crippen molar-refractivity contribution >= 4 is 34.0 Å². The number of para-hydroxylation sites is 1. The number of hydrogen-bond acceptors (Lipinski definition) is 5. The van der Waals surface area contributed by atoms with Crippen molar-refractivity contribution < 1.29 is 9.59 Å². The van der Waals surface area contributed by atoms with E-state index in [1.807, 2.05) is 54.6 Å². The lowest BCUT2D eigenvalue weighted by molar-refractivity contribution is -0.121. The molecule has 3 aromatic rings. The monoisotopic (exact) mass is 390 g/mol. The van der Waals surface area contributed by atoms with Crippen molar-refractivity contribution in [3.05, 3.63) is 76.8 Å². The van der Waals surface area contributed by atoms with Crippen LogP contribution in [0.2, 0.25) is 0 Å². The number of likely N-dealkylation sites (tertiary alicyclic amines) is 1. The first-order chi connectivity index (χ1) is 13.6. The third kappa shape index (κ3) is 2.29. The second-order valence-corrected chi connectivity index (χ2v) is 7.99. The normalized spacial score (nSPS) is 23.1. The third-order valence-electron chi connectivity index (χ3n) is 5.70. The van der Waals surface area contributed by atoms with Crippen LogP contribution >= 0.6 is 11.3 Å². The van der Waals surface area contributed by atoms with Crippen molar-refractivity contribution in [2.24, 2.45) is 0 Å². The van der Waals surface area contributed by atoms with Crippen LogP contribution in [-0.2, 0) is 10.2 Å². The summed E-state index contributed by atoms with van der Waals surface area (Å²) in [7, 11) is 0. The molecule has 0 bridgehead atoms. The number of nitrogens with zero attached hydrogens (tertiary/aromatic N) is 2. The quantitative estimate of drug-likeness (QED) is 0.703. The van der Waals surface area contributed by atoms with Crippen molar-refractivity contribution in [2.75, 3.05) is 17.6 Å². The van der Waals surface area contributed by atoms with Crippen LogP contribution in [0.25, 0.3) is 0 Å². The van der Waals surface area contributed by atoms with Crippen molar-refractivity contribution in [1.82, 2.24) is 9.88 Å². The Balaban J connectivity index is 1.67. The van der Waals surface area contributed by atoms with Crippen molar-refractivity contribution in [3.63, 3.8) is 0 Å². The lowest BCUT2D eigenvalue weighted by atomic mass is 9.72. The van der Waals surface area contributed by atoms with E-state index in [1.165, 1.54) is 11.3 Å². The highest BCUT2D eigenvalue weighted by Crippen LogP contribution is 2.54. The summed E-state index contributed by atoms with van der Waals surface area (Å²) >= 11 is 1.24. The molecular weight excluding hydrogens is 372 g/mol. The number of nitrogen functional groups attached to an aromatic ring is 1. The van der Waals surface area contributed by atoms with Gasteiger partial charge >= 0.3 is 0 Å². The van der Waals surface area contributed by atoms with Crippen LogP contribution in [0.4, 0.5) is 10.8 Å². The topological polar surface area (TPSA) is 88.3 Å². The third-order valence-corrected chi connectivity index (χ3v) is 6.38. The van der Waals surface area contributed by atoms with Crippen LogP contribution in [-0.4, -0.2) is 28.2 Å². The van der Waals surface area contributed by atoms with Crippen molar-refractivity contribution in [3.8, 4) is 0 Å². The van der Waals surface area contributed by atoms with E-state index in [0.29, 0.717) is 23.8 Å². The van der Waals surface area contributed by atoms with Crippen molar-refractivity contribution in [2.45, 2.75) is 17.9 Å². The Morgan fingerprint density at radius 2 is 1.93 bits per heavy atom. The molecule has 6 nitrogen and oxygen atoms in total. The van der Waals surface area contributed by atoms with Gasteiger partial charge in [-0.2, -0.15) is 0 Å². The van der Waals surface area contributed by atoms with Crippen LogP contribution in [0, 0.1) is 0 Å². The molecule has 1 aromatic heterocycles. The van der Waals surface area contributed by atoms with Gasteiger partial charge in [-0.25, -0.2) is 4.98 Å². The zero-order chi connectivity index (χ0) is 19.3. The summed E-state index contributed by atoms with van der Waals surface area (Å²) < 4.78 is 0. The molecule has 140 valence electrons. The van der Waals surface area contributed by atoms with Crippen LogP contribution in [0.3, 0.4) is 0 Å². The minimum Gasteiger partial charge on any atom is -0.375 e. The van der Waals surface area contributed by atoms with Gasteiger partial charge in [0.05, 0.1) is 6.04 Å². The van der Waals surface area contributed by atoms with Crippen LogP contribution in [0.1, 0.15) is 34.1 Å². The van der Waals surface area contributed by atoms with E-state index in [-0.39, 0.29) is 11.8 Å². The molecule has 0 saturated carbocycles. The number of anilines is 2. The molecule has 2 aliphatic rings. The maximum absolute atomic E-state index is 13.3. The number of aromatic nitrogens is 1. The lowest BCUT2D eigenvalue weighted by Gasteiger charge is -2.34. The van der Waals surface area contributed by atoms with Gasteiger partial charge in [0.25, 0.3) is 5.91 Å². The zero-order valence-corrected chi connectivity index (χ0v) is 15.8. The summed E-state index contributed by atoms with van der Waals surface area (Å²) in [5, 5.41) is 5.06. The number of benzene rings is 2. The van der Waals surface area contributed by atoms with E-state index in [9.17, 15) is 9.59 Å². The van der Waals surface area contributed by atoms with Crippen LogP contribution in [0.15, 0.2) is 60.0 Å². The number of nitrogens with one attached hydrogen (secondary N) is 1. The molecule has 28 heavy (non-hydrogen) atoms. The number of amides is 2. The Morgan fingerprint density at radius 1 is 1.18 bits per heavy atom. The average Bonchev–Trinajstić information content (AvgIpc) is 3.40. The smallest absolute Gasteiger partial charge is 0.273 e. The van der Waals surface area contributed by atoms with Crippen LogP contribution in [0.5, 0.6) is 0 Å². The lowest BCUT2D eigenvalue weighted by Crippen LogP contribution is -2.42. The first-order valence-corrected chi connectivity index (χ1v) is 9.97.